The van der Waals surface area contributed by atoms with E-state index >= 15 is 0 Å². The predicted molar refractivity (Wildman–Crippen MR) is 503 cm³/mol. The Labute approximate surface area is 698 Å². The van der Waals surface area contributed by atoms with Crippen LogP contribution in [-0.4, -0.2) is 0 Å². The van der Waals surface area contributed by atoms with Gasteiger partial charge in [0.2, 0.25) is 0 Å². The molecule has 19 aromatic carbocycles. The second-order valence-electron chi connectivity index (χ2n) is 30.4. The summed E-state index contributed by atoms with van der Waals surface area (Å²) in [5, 5.41) is 9.26. The van der Waals surface area contributed by atoms with E-state index in [0.717, 1.165) is 138 Å². The highest BCUT2D eigenvalue weighted by Gasteiger charge is 2.20. The lowest BCUT2D eigenvalue weighted by Crippen LogP contribution is -2.02. The topological polar surface area (TPSA) is 90.6 Å². The van der Waals surface area contributed by atoms with Crippen LogP contribution in [0.1, 0.15) is 0 Å². The molecule has 22 rings (SSSR count). The van der Waals surface area contributed by atoms with Gasteiger partial charge in [-0.15, -0.1) is 0 Å². The fourth-order valence-corrected chi connectivity index (χ4v) is 16.9. The molecule has 0 atom stereocenters. The fraction of sp³-hybridized carbons (Fsp3) is 0. The normalized spacial score (nSPS) is 11.2. The minimum Gasteiger partial charge on any atom is -0.422 e. The second-order valence-corrected chi connectivity index (χ2v) is 30.4. The Balaban J connectivity index is 0.000000116. The molecule has 0 unspecified atom stereocenters. The SMILES string of the molecule is O=c1oc2c3cc(-c4cc(-c5ccccc5)cc(-c5ccccc5)c4)ccc3ccc2c2ccccc12.O=c1oc2ccc(-c3cccc(-c4ccccc4)c3)cc2c2cccc(-c3cccc(-c4cccc(-c5ccccc5)c4)c3)c12.O=c1oc2ccc(-c3cccc(-c4ccccc4)c3)cc2c2cccc(-c3cccc(-c4ccccc4)c3)c12. The van der Waals surface area contributed by atoms with E-state index in [4.69, 9.17) is 13.3 Å². The van der Waals surface area contributed by atoms with Crippen LogP contribution in [0.25, 0.3) is 210 Å². The number of rotatable bonds is 12. The Bertz CT molecular complexity index is 7810. The highest BCUT2D eigenvalue weighted by Crippen LogP contribution is 2.42. The summed E-state index contributed by atoms with van der Waals surface area (Å²) >= 11 is 0. The van der Waals surface area contributed by atoms with Crippen molar-refractivity contribution in [2.45, 2.75) is 0 Å². The monoisotopic (exact) mass is 1550 g/mol. The van der Waals surface area contributed by atoms with Gasteiger partial charge in [-0.05, 0) is 235 Å². The molecule has 6 nitrogen and oxygen atoms in total. The average Bonchev–Trinajstić information content (AvgIpc) is 0.753. The van der Waals surface area contributed by atoms with Crippen molar-refractivity contribution < 1.29 is 13.3 Å². The number of hydrogen-bond acceptors (Lipinski definition) is 6. The maximum atomic E-state index is 13.5. The van der Waals surface area contributed by atoms with E-state index in [0.29, 0.717) is 32.9 Å². The summed E-state index contributed by atoms with van der Waals surface area (Å²) in [6.07, 6.45) is 0. The minimum atomic E-state index is -0.330. The standard InChI is InChI=1S/C43H28O2.C37H24O2.C35H22O2/c44-43-42-38(37-20-9-19-35(27-37)33-17-7-15-31(25-33)29-11-3-1-4-12-29)21-10-22-39(42)40-28-36(23-24-41(40)45-43)34-18-8-16-32(26-34)30-13-5-2-6-14-30;38-37-36-32(31-17-8-15-28(23-31)26-12-5-2-6-13-26)18-9-19-33(36)34-24-30(20-21-35(34)39-37)29-16-7-14-27(22-29)25-10-3-1-4-11-25;36-35-32-14-8-7-13-30(32)31-18-17-25-15-16-26(22-33(25)34(31)37-35)29-20-27(23-9-3-1-4-10-23)19-28(21-29)24-11-5-2-6-12-24/h1-28H;1-24H;1-22H. The summed E-state index contributed by atoms with van der Waals surface area (Å²) in [6.45, 7) is 0. The first-order valence-corrected chi connectivity index (χ1v) is 40.6. The molecule has 0 saturated carbocycles. The third-order valence-corrected chi connectivity index (χ3v) is 22.9. The molecule has 121 heavy (non-hydrogen) atoms. The van der Waals surface area contributed by atoms with Crippen molar-refractivity contribution in [3.63, 3.8) is 0 Å². The molecule has 0 aliphatic carbocycles. The lowest BCUT2D eigenvalue weighted by molar-refractivity contribution is 0.569. The van der Waals surface area contributed by atoms with Gasteiger partial charge < -0.3 is 13.3 Å². The Morgan fingerprint density at radius 2 is 0.397 bits per heavy atom. The van der Waals surface area contributed by atoms with Gasteiger partial charge in [-0.25, -0.2) is 14.4 Å². The van der Waals surface area contributed by atoms with Gasteiger partial charge in [0.1, 0.15) is 16.7 Å². The molecule has 0 spiro atoms. The second kappa shape index (κ2) is 32.5. The first-order valence-electron chi connectivity index (χ1n) is 40.6. The van der Waals surface area contributed by atoms with Crippen LogP contribution in [0.15, 0.2) is 477 Å². The molecule has 0 amide bonds. The van der Waals surface area contributed by atoms with Gasteiger partial charge in [0, 0.05) is 32.3 Å². The van der Waals surface area contributed by atoms with Crippen LogP contribution in [0.3, 0.4) is 0 Å². The Hall–Kier alpha value is -16.2. The van der Waals surface area contributed by atoms with Crippen molar-refractivity contribution in [3.8, 4) is 134 Å². The summed E-state index contributed by atoms with van der Waals surface area (Å²) in [4.78, 5) is 39.7. The van der Waals surface area contributed by atoms with Crippen LogP contribution < -0.4 is 16.9 Å². The zero-order chi connectivity index (χ0) is 81.1. The van der Waals surface area contributed by atoms with Crippen molar-refractivity contribution in [1.82, 2.24) is 0 Å². The van der Waals surface area contributed by atoms with Gasteiger partial charge in [-0.3, -0.25) is 0 Å². The van der Waals surface area contributed by atoms with Crippen molar-refractivity contribution in [3.05, 3.63) is 480 Å². The van der Waals surface area contributed by atoms with Gasteiger partial charge in [-0.2, -0.15) is 0 Å². The maximum Gasteiger partial charge on any atom is 0.344 e. The van der Waals surface area contributed by atoms with E-state index in [1.54, 1.807) is 0 Å². The maximum absolute atomic E-state index is 13.5. The van der Waals surface area contributed by atoms with Crippen LogP contribution in [0.5, 0.6) is 0 Å². The zero-order valence-corrected chi connectivity index (χ0v) is 65.7. The van der Waals surface area contributed by atoms with E-state index in [9.17, 15) is 14.4 Å². The molecule has 0 fully saturated rings. The van der Waals surface area contributed by atoms with Gasteiger partial charge >= 0.3 is 16.9 Å². The van der Waals surface area contributed by atoms with Gasteiger partial charge in [-0.1, -0.05) is 358 Å². The first kappa shape index (κ1) is 73.7. The number of fused-ring (bicyclic) bond motifs is 11. The lowest BCUT2D eigenvalue weighted by Gasteiger charge is -2.12. The van der Waals surface area contributed by atoms with E-state index in [1.165, 1.54) is 38.9 Å². The number of benzene rings is 19. The Morgan fingerprint density at radius 1 is 0.140 bits per heavy atom. The fourth-order valence-electron chi connectivity index (χ4n) is 16.9. The third-order valence-electron chi connectivity index (χ3n) is 22.9. The van der Waals surface area contributed by atoms with Crippen molar-refractivity contribution in [2.24, 2.45) is 0 Å². The van der Waals surface area contributed by atoms with E-state index in [2.05, 4.69) is 303 Å². The molecule has 0 aliphatic heterocycles. The van der Waals surface area contributed by atoms with E-state index in [1.807, 2.05) is 146 Å². The molecule has 0 aliphatic rings. The molecule has 3 aromatic heterocycles. The third kappa shape index (κ3) is 14.9. The molecule has 6 heteroatoms. The van der Waals surface area contributed by atoms with Crippen molar-refractivity contribution in [1.29, 1.82) is 0 Å². The van der Waals surface area contributed by atoms with E-state index < -0.39 is 0 Å². The largest absolute Gasteiger partial charge is 0.422 e. The highest BCUT2D eigenvalue weighted by atomic mass is 16.4. The van der Waals surface area contributed by atoms with Crippen LogP contribution in [-0.2, 0) is 0 Å². The number of hydrogen-bond donors (Lipinski definition) is 0. The van der Waals surface area contributed by atoms with Crippen LogP contribution in [0, 0.1) is 0 Å². The Kier molecular flexibility index (Phi) is 19.8. The summed E-state index contributed by atoms with van der Waals surface area (Å²) in [6, 6.07) is 154. The molecule has 0 radical (unpaired) electrons. The molecular formula is C115H74O6. The zero-order valence-electron chi connectivity index (χ0n) is 65.7. The Morgan fingerprint density at radius 3 is 0.785 bits per heavy atom. The smallest absolute Gasteiger partial charge is 0.344 e. The van der Waals surface area contributed by atoms with Gasteiger partial charge in [0.15, 0.2) is 0 Å². The van der Waals surface area contributed by atoms with Crippen LogP contribution >= 0.6 is 0 Å². The molecule has 0 N–H and O–H groups in total. The van der Waals surface area contributed by atoms with Crippen LogP contribution in [0.2, 0.25) is 0 Å². The summed E-state index contributed by atoms with van der Waals surface area (Å²) < 4.78 is 17.7. The van der Waals surface area contributed by atoms with Crippen molar-refractivity contribution >= 4 is 76.0 Å². The van der Waals surface area contributed by atoms with Gasteiger partial charge in [0.05, 0.1) is 16.2 Å². The molecule has 0 bridgehead atoms. The summed E-state index contributed by atoms with van der Waals surface area (Å²) in [7, 11) is 0. The molecule has 3 heterocycles. The minimum absolute atomic E-state index is 0.307. The molecular weight excluding hydrogens is 1480 g/mol. The van der Waals surface area contributed by atoms with Gasteiger partial charge in [0.25, 0.3) is 0 Å². The molecule has 0 saturated heterocycles. The quantitative estimate of drug-likeness (QED) is 0.0894. The van der Waals surface area contributed by atoms with Crippen molar-refractivity contribution in [2.75, 3.05) is 0 Å². The molecule has 570 valence electrons. The van der Waals surface area contributed by atoms with Crippen LogP contribution in [0.4, 0.5) is 0 Å². The van der Waals surface area contributed by atoms with E-state index in [-0.39, 0.29) is 16.9 Å². The summed E-state index contributed by atoms with van der Waals surface area (Å²) in [5.74, 6) is 0. The summed E-state index contributed by atoms with van der Waals surface area (Å²) in [5.41, 5.74) is 27.2. The lowest BCUT2D eigenvalue weighted by atomic mass is 9.92. The highest BCUT2D eigenvalue weighted by molar-refractivity contribution is 6.15. The average molecular weight is 1550 g/mol. The first-order chi connectivity index (χ1) is 59.7. The molecule has 22 aromatic rings. The predicted octanol–water partition coefficient (Wildman–Crippen LogP) is 30.0.